The second-order valence-electron chi connectivity index (χ2n) is 5.22. The van der Waals surface area contributed by atoms with Crippen LogP contribution in [-0.4, -0.2) is 45.6 Å². The van der Waals surface area contributed by atoms with Crippen LogP contribution in [0.4, 0.5) is 0 Å². The van der Waals surface area contributed by atoms with Gasteiger partial charge in [-0.15, -0.1) is 0 Å². The largest absolute Gasteiger partial charge is 0.497 e. The van der Waals surface area contributed by atoms with Gasteiger partial charge in [0.15, 0.2) is 11.5 Å². The number of methoxy groups -OCH3 is 4. The first-order valence-corrected chi connectivity index (χ1v) is 7.50. The minimum absolute atomic E-state index is 0.258. The van der Waals surface area contributed by atoms with Gasteiger partial charge in [-0.1, -0.05) is 18.7 Å². The number of hydrogen-bond donors (Lipinski definition) is 2. The summed E-state index contributed by atoms with van der Waals surface area (Å²) in [6, 6.07) is 8.63. The van der Waals surface area contributed by atoms with Crippen molar-refractivity contribution < 1.29 is 29.0 Å². The minimum Gasteiger partial charge on any atom is -0.497 e. The fourth-order valence-electron chi connectivity index (χ4n) is 2.55. The summed E-state index contributed by atoms with van der Waals surface area (Å²) in [6.07, 6.45) is 0. The molecule has 132 valence electrons. The van der Waals surface area contributed by atoms with Crippen LogP contribution in [0.5, 0.6) is 23.0 Å². The maximum Gasteiger partial charge on any atom is 0.492 e. The van der Waals surface area contributed by atoms with Crippen molar-refractivity contribution in [2.75, 3.05) is 28.4 Å². The Morgan fingerprint density at radius 3 is 1.80 bits per heavy atom. The molecule has 2 aromatic carbocycles. The third-order valence-electron chi connectivity index (χ3n) is 3.87. The Labute approximate surface area is 147 Å². The fraction of sp³-hybridized carbons (Fsp3) is 0.222. The minimum atomic E-state index is -1.65. The summed E-state index contributed by atoms with van der Waals surface area (Å²) in [6.45, 7) is 4.10. The van der Waals surface area contributed by atoms with E-state index in [-0.39, 0.29) is 5.46 Å². The van der Waals surface area contributed by atoms with Crippen LogP contribution in [0.2, 0.25) is 0 Å². The molecule has 25 heavy (non-hydrogen) atoms. The van der Waals surface area contributed by atoms with Crippen LogP contribution in [0.25, 0.3) is 5.57 Å². The Bertz CT molecular complexity index is 747. The Kier molecular flexibility index (Phi) is 5.95. The lowest BCUT2D eigenvalue weighted by Gasteiger charge is -2.16. The van der Waals surface area contributed by atoms with Crippen molar-refractivity contribution >= 4 is 18.2 Å². The average Bonchev–Trinajstić information content (AvgIpc) is 2.65. The van der Waals surface area contributed by atoms with Crippen molar-refractivity contribution in [2.24, 2.45) is 0 Å². The monoisotopic (exact) mass is 344 g/mol. The van der Waals surface area contributed by atoms with Crippen LogP contribution in [0.3, 0.4) is 0 Å². The standard InChI is InChI=1S/C18H21BO6/c1-11(12-6-7-15(22-2)14(8-12)19(20)21)13-9-16(23-3)18(25-5)17(10-13)24-4/h6-10,20-21H,1H2,2-5H3. The average molecular weight is 344 g/mol. The highest BCUT2D eigenvalue weighted by Crippen LogP contribution is 2.40. The van der Waals surface area contributed by atoms with Gasteiger partial charge in [-0.3, -0.25) is 0 Å². The Hall–Kier alpha value is -2.64. The molecule has 0 spiro atoms. The Morgan fingerprint density at radius 1 is 0.800 bits per heavy atom. The zero-order valence-electron chi connectivity index (χ0n) is 14.7. The normalized spacial score (nSPS) is 10.2. The Balaban J connectivity index is 2.52. The lowest BCUT2D eigenvalue weighted by molar-refractivity contribution is 0.324. The molecule has 6 nitrogen and oxygen atoms in total. The molecule has 0 heterocycles. The first kappa shape index (κ1) is 18.7. The second-order valence-corrected chi connectivity index (χ2v) is 5.22. The molecule has 0 aliphatic carbocycles. The molecule has 0 fully saturated rings. The van der Waals surface area contributed by atoms with E-state index in [1.807, 2.05) is 0 Å². The molecule has 0 atom stereocenters. The molecule has 0 saturated carbocycles. The molecule has 7 heteroatoms. The second kappa shape index (κ2) is 7.96. The molecule has 0 bridgehead atoms. The Morgan fingerprint density at radius 2 is 1.36 bits per heavy atom. The van der Waals surface area contributed by atoms with Gasteiger partial charge in [-0.2, -0.15) is 0 Å². The van der Waals surface area contributed by atoms with E-state index in [4.69, 9.17) is 18.9 Å². The first-order chi connectivity index (χ1) is 12.0. The van der Waals surface area contributed by atoms with E-state index in [0.717, 1.165) is 5.56 Å². The van der Waals surface area contributed by atoms with E-state index in [1.165, 1.54) is 28.4 Å². The first-order valence-electron chi connectivity index (χ1n) is 7.50. The van der Waals surface area contributed by atoms with Crippen LogP contribution >= 0.6 is 0 Å². The summed E-state index contributed by atoms with van der Waals surface area (Å²) in [4.78, 5) is 0. The summed E-state index contributed by atoms with van der Waals surface area (Å²) in [5.74, 6) is 1.89. The predicted molar refractivity (Wildman–Crippen MR) is 97.1 cm³/mol. The van der Waals surface area contributed by atoms with Crippen molar-refractivity contribution in [1.82, 2.24) is 0 Å². The van der Waals surface area contributed by atoms with Crippen LogP contribution in [0, 0.1) is 0 Å². The molecule has 2 N–H and O–H groups in total. The highest BCUT2D eigenvalue weighted by atomic mass is 16.5. The number of ether oxygens (including phenoxy) is 4. The van der Waals surface area contributed by atoms with Gasteiger partial charge in [0.25, 0.3) is 0 Å². The summed E-state index contributed by atoms with van der Waals surface area (Å²) in [5.41, 5.74) is 2.37. The van der Waals surface area contributed by atoms with Crippen molar-refractivity contribution in [2.45, 2.75) is 0 Å². The quantitative estimate of drug-likeness (QED) is 0.741. The van der Waals surface area contributed by atoms with E-state index in [9.17, 15) is 10.0 Å². The van der Waals surface area contributed by atoms with Gasteiger partial charge in [0.05, 0.1) is 28.4 Å². The van der Waals surface area contributed by atoms with Gasteiger partial charge in [0.2, 0.25) is 5.75 Å². The van der Waals surface area contributed by atoms with Crippen LogP contribution in [-0.2, 0) is 0 Å². The highest BCUT2D eigenvalue weighted by Gasteiger charge is 2.20. The third kappa shape index (κ3) is 3.73. The number of benzene rings is 2. The van der Waals surface area contributed by atoms with Gasteiger partial charge in [-0.05, 0) is 34.9 Å². The summed E-state index contributed by atoms with van der Waals surface area (Å²) in [5, 5.41) is 19.1. The zero-order valence-corrected chi connectivity index (χ0v) is 14.7. The maximum absolute atomic E-state index is 9.53. The van der Waals surface area contributed by atoms with Gasteiger partial charge >= 0.3 is 7.12 Å². The molecular weight excluding hydrogens is 323 g/mol. The maximum atomic E-state index is 9.53. The van der Waals surface area contributed by atoms with Gasteiger partial charge in [-0.25, -0.2) is 0 Å². The van der Waals surface area contributed by atoms with Crippen molar-refractivity contribution in [3.8, 4) is 23.0 Å². The van der Waals surface area contributed by atoms with E-state index in [2.05, 4.69) is 6.58 Å². The van der Waals surface area contributed by atoms with E-state index in [0.29, 0.717) is 34.1 Å². The van der Waals surface area contributed by atoms with Crippen molar-refractivity contribution in [3.05, 3.63) is 48.0 Å². The molecule has 0 radical (unpaired) electrons. The fourth-order valence-corrected chi connectivity index (χ4v) is 2.55. The van der Waals surface area contributed by atoms with Crippen molar-refractivity contribution in [3.63, 3.8) is 0 Å². The number of rotatable bonds is 7. The topological polar surface area (TPSA) is 77.4 Å². The molecule has 2 aromatic rings. The van der Waals surface area contributed by atoms with Crippen molar-refractivity contribution in [1.29, 1.82) is 0 Å². The predicted octanol–water partition coefficient (Wildman–Crippen LogP) is 1.46. The lowest BCUT2D eigenvalue weighted by Crippen LogP contribution is -2.31. The molecule has 0 unspecified atom stereocenters. The summed E-state index contributed by atoms with van der Waals surface area (Å²) < 4.78 is 21.2. The lowest BCUT2D eigenvalue weighted by atomic mass is 9.78. The van der Waals surface area contributed by atoms with Crippen LogP contribution in [0.15, 0.2) is 36.9 Å². The third-order valence-corrected chi connectivity index (χ3v) is 3.87. The molecule has 0 aliphatic heterocycles. The van der Waals surface area contributed by atoms with E-state index >= 15 is 0 Å². The molecule has 2 rings (SSSR count). The summed E-state index contributed by atoms with van der Waals surface area (Å²) >= 11 is 0. The van der Waals surface area contributed by atoms with E-state index in [1.54, 1.807) is 30.3 Å². The number of hydrogen-bond acceptors (Lipinski definition) is 6. The van der Waals surface area contributed by atoms with Crippen LogP contribution in [0.1, 0.15) is 11.1 Å². The zero-order chi connectivity index (χ0) is 18.6. The smallest absolute Gasteiger partial charge is 0.492 e. The molecule has 0 aromatic heterocycles. The van der Waals surface area contributed by atoms with Crippen LogP contribution < -0.4 is 24.4 Å². The van der Waals surface area contributed by atoms with Gasteiger partial charge in [0.1, 0.15) is 5.75 Å². The molecule has 0 amide bonds. The molecule has 0 saturated heterocycles. The van der Waals surface area contributed by atoms with Gasteiger partial charge in [0, 0.05) is 5.46 Å². The highest BCUT2D eigenvalue weighted by molar-refractivity contribution is 6.59. The summed E-state index contributed by atoms with van der Waals surface area (Å²) in [7, 11) is 4.43. The molecule has 0 aliphatic rings. The molecular formula is C18H21BO6. The SMILES string of the molecule is C=C(c1cc(OC)c(OC)c(OC)c1)c1ccc(OC)c(B(O)O)c1. The van der Waals surface area contributed by atoms with E-state index < -0.39 is 7.12 Å². The van der Waals surface area contributed by atoms with Gasteiger partial charge < -0.3 is 29.0 Å².